The maximum absolute atomic E-state index is 12.5. The van der Waals surface area contributed by atoms with E-state index in [0.717, 1.165) is 16.2 Å². The third kappa shape index (κ3) is 4.68. The average molecular weight is 464 g/mol. The molecule has 33 heavy (non-hydrogen) atoms. The number of carbonyl (C=O) groups is 4. The van der Waals surface area contributed by atoms with Crippen LogP contribution in [0.1, 0.15) is 43.9 Å². The van der Waals surface area contributed by atoms with Crippen LogP contribution in [0.3, 0.4) is 0 Å². The molecule has 0 radical (unpaired) electrons. The van der Waals surface area contributed by atoms with Crippen molar-refractivity contribution in [3.8, 4) is 0 Å². The standard InChI is InChI=1S/C24H21N3O5S/c1-14-7-3-6-10-19(14)26-20(28)11-21-25-16(13-33-21)12-32-24(31)15(2)27-22(29)17-8-4-5-9-18(17)23(27)30/h3-10,13,15H,11-12H2,1-2H3,(H,26,28)/t15-/m1/s1. The molecular weight excluding hydrogens is 442 g/mol. The van der Waals surface area contributed by atoms with Gasteiger partial charge in [-0.15, -0.1) is 11.3 Å². The maximum atomic E-state index is 12.5. The Kier molecular flexibility index (Phi) is 6.32. The monoisotopic (exact) mass is 463 g/mol. The first-order valence-electron chi connectivity index (χ1n) is 10.3. The van der Waals surface area contributed by atoms with Crippen LogP contribution in [-0.4, -0.2) is 39.6 Å². The highest BCUT2D eigenvalue weighted by molar-refractivity contribution is 7.09. The number of para-hydroxylation sites is 1. The lowest BCUT2D eigenvalue weighted by molar-refractivity contribution is -0.149. The molecule has 2 aromatic carbocycles. The Bertz CT molecular complexity index is 1220. The molecule has 0 aliphatic carbocycles. The molecule has 0 saturated carbocycles. The Morgan fingerprint density at radius 2 is 1.70 bits per heavy atom. The van der Waals surface area contributed by atoms with Gasteiger partial charge in [-0.1, -0.05) is 30.3 Å². The van der Waals surface area contributed by atoms with E-state index < -0.39 is 23.8 Å². The third-order valence-electron chi connectivity index (χ3n) is 5.25. The minimum absolute atomic E-state index is 0.0956. The van der Waals surface area contributed by atoms with Crippen molar-refractivity contribution in [2.24, 2.45) is 0 Å². The number of esters is 1. The van der Waals surface area contributed by atoms with Crippen molar-refractivity contribution >= 4 is 40.7 Å². The number of nitrogens with one attached hydrogen (secondary N) is 1. The molecule has 1 aromatic heterocycles. The van der Waals surface area contributed by atoms with Crippen LogP contribution in [0, 0.1) is 6.92 Å². The summed E-state index contributed by atoms with van der Waals surface area (Å²) in [5.74, 6) is -1.94. The number of rotatable bonds is 7. The van der Waals surface area contributed by atoms with E-state index >= 15 is 0 Å². The zero-order chi connectivity index (χ0) is 23.5. The van der Waals surface area contributed by atoms with Gasteiger partial charge in [0.15, 0.2) is 0 Å². The Morgan fingerprint density at radius 3 is 2.36 bits per heavy atom. The average Bonchev–Trinajstić information content (AvgIpc) is 3.35. The summed E-state index contributed by atoms with van der Waals surface area (Å²) in [4.78, 5) is 55.1. The molecule has 4 rings (SSSR count). The van der Waals surface area contributed by atoms with Crippen LogP contribution in [0.25, 0.3) is 0 Å². The van der Waals surface area contributed by atoms with E-state index in [-0.39, 0.29) is 30.1 Å². The lowest BCUT2D eigenvalue weighted by atomic mass is 10.1. The van der Waals surface area contributed by atoms with Crippen molar-refractivity contribution in [3.05, 3.63) is 81.3 Å². The molecule has 1 atom stereocenters. The zero-order valence-corrected chi connectivity index (χ0v) is 18.8. The number of fused-ring (bicyclic) bond motifs is 1. The molecule has 0 bridgehead atoms. The van der Waals surface area contributed by atoms with Crippen LogP contribution in [-0.2, 0) is 27.4 Å². The molecule has 0 saturated heterocycles. The van der Waals surface area contributed by atoms with Crippen LogP contribution in [0.4, 0.5) is 5.69 Å². The number of aryl methyl sites for hydroxylation is 1. The number of benzene rings is 2. The molecule has 2 heterocycles. The molecule has 9 heteroatoms. The Hall–Kier alpha value is -3.85. The van der Waals surface area contributed by atoms with Gasteiger partial charge in [0.25, 0.3) is 11.8 Å². The van der Waals surface area contributed by atoms with Gasteiger partial charge in [-0.25, -0.2) is 9.78 Å². The van der Waals surface area contributed by atoms with E-state index in [1.165, 1.54) is 18.3 Å². The van der Waals surface area contributed by atoms with E-state index in [1.807, 2.05) is 31.2 Å². The summed E-state index contributed by atoms with van der Waals surface area (Å²) in [6, 6.07) is 12.9. The number of aromatic nitrogens is 1. The molecular formula is C24H21N3O5S. The first-order valence-corrected chi connectivity index (χ1v) is 11.2. The van der Waals surface area contributed by atoms with Gasteiger partial charge in [0, 0.05) is 11.1 Å². The van der Waals surface area contributed by atoms with Gasteiger partial charge < -0.3 is 10.1 Å². The summed E-state index contributed by atoms with van der Waals surface area (Å²) in [6.07, 6.45) is 0.0956. The van der Waals surface area contributed by atoms with E-state index in [1.54, 1.807) is 29.6 Å². The topological polar surface area (TPSA) is 106 Å². The number of amides is 3. The first-order chi connectivity index (χ1) is 15.8. The summed E-state index contributed by atoms with van der Waals surface area (Å²) in [7, 11) is 0. The van der Waals surface area contributed by atoms with Gasteiger partial charge >= 0.3 is 5.97 Å². The molecule has 1 N–H and O–H groups in total. The van der Waals surface area contributed by atoms with Gasteiger partial charge in [0.2, 0.25) is 5.91 Å². The lowest BCUT2D eigenvalue weighted by Gasteiger charge is -2.20. The lowest BCUT2D eigenvalue weighted by Crippen LogP contribution is -2.43. The van der Waals surface area contributed by atoms with Crippen LogP contribution >= 0.6 is 11.3 Å². The number of carbonyl (C=O) groups excluding carboxylic acids is 4. The van der Waals surface area contributed by atoms with Crippen molar-refractivity contribution < 1.29 is 23.9 Å². The van der Waals surface area contributed by atoms with Crippen molar-refractivity contribution in [1.82, 2.24) is 9.88 Å². The second-order valence-corrected chi connectivity index (χ2v) is 8.52. The Labute approximate surface area is 194 Å². The van der Waals surface area contributed by atoms with Crippen molar-refractivity contribution in [2.75, 3.05) is 5.32 Å². The minimum Gasteiger partial charge on any atom is -0.458 e. The predicted molar refractivity (Wildman–Crippen MR) is 122 cm³/mol. The van der Waals surface area contributed by atoms with Gasteiger partial charge in [-0.05, 0) is 37.6 Å². The molecule has 0 unspecified atom stereocenters. The molecule has 1 aliphatic rings. The van der Waals surface area contributed by atoms with Crippen LogP contribution in [0.2, 0.25) is 0 Å². The van der Waals surface area contributed by atoms with E-state index in [0.29, 0.717) is 10.7 Å². The summed E-state index contributed by atoms with van der Waals surface area (Å²) in [6.45, 7) is 3.24. The van der Waals surface area contributed by atoms with Crippen molar-refractivity contribution in [3.63, 3.8) is 0 Å². The van der Waals surface area contributed by atoms with Gasteiger partial charge in [0.1, 0.15) is 17.7 Å². The smallest absolute Gasteiger partial charge is 0.329 e. The number of thiazole rings is 1. The van der Waals surface area contributed by atoms with Gasteiger partial charge in [0.05, 0.1) is 23.2 Å². The minimum atomic E-state index is -1.07. The third-order valence-corrected chi connectivity index (χ3v) is 6.14. The molecule has 1 aliphatic heterocycles. The van der Waals surface area contributed by atoms with Gasteiger partial charge in [-0.2, -0.15) is 0 Å². The number of hydrogen-bond donors (Lipinski definition) is 1. The largest absolute Gasteiger partial charge is 0.458 e. The fourth-order valence-electron chi connectivity index (χ4n) is 3.47. The molecule has 3 amide bonds. The first kappa shape index (κ1) is 22.3. The van der Waals surface area contributed by atoms with Crippen molar-refractivity contribution in [1.29, 1.82) is 0 Å². The van der Waals surface area contributed by atoms with Crippen LogP contribution < -0.4 is 5.32 Å². The summed E-state index contributed by atoms with van der Waals surface area (Å²) in [5, 5.41) is 5.14. The second-order valence-electron chi connectivity index (χ2n) is 7.58. The SMILES string of the molecule is Cc1ccccc1NC(=O)Cc1nc(COC(=O)[C@@H](C)N2C(=O)c3ccccc3C2=O)cs1. The molecule has 8 nitrogen and oxygen atoms in total. The fourth-order valence-corrected chi connectivity index (χ4v) is 4.25. The quantitative estimate of drug-likeness (QED) is 0.425. The zero-order valence-electron chi connectivity index (χ0n) is 18.0. The highest BCUT2D eigenvalue weighted by Gasteiger charge is 2.41. The summed E-state index contributed by atoms with van der Waals surface area (Å²) >= 11 is 1.29. The number of anilines is 1. The van der Waals surface area contributed by atoms with E-state index in [2.05, 4.69) is 10.3 Å². The second kappa shape index (κ2) is 9.33. The number of hydrogen-bond acceptors (Lipinski definition) is 7. The summed E-state index contributed by atoms with van der Waals surface area (Å²) < 4.78 is 5.29. The molecule has 0 fully saturated rings. The van der Waals surface area contributed by atoms with Gasteiger partial charge in [-0.3, -0.25) is 19.3 Å². The van der Waals surface area contributed by atoms with Crippen LogP contribution in [0.5, 0.6) is 0 Å². The normalized spacial score (nSPS) is 13.6. The van der Waals surface area contributed by atoms with E-state index in [4.69, 9.17) is 4.74 Å². The Morgan fingerprint density at radius 1 is 1.06 bits per heavy atom. The maximum Gasteiger partial charge on any atom is 0.329 e. The number of ether oxygens (including phenoxy) is 1. The number of nitrogens with zero attached hydrogens (tertiary/aromatic N) is 2. The molecule has 0 spiro atoms. The molecule has 3 aromatic rings. The van der Waals surface area contributed by atoms with E-state index in [9.17, 15) is 19.2 Å². The molecule has 168 valence electrons. The Balaban J connectivity index is 1.31. The fraction of sp³-hybridized carbons (Fsp3) is 0.208. The number of imide groups is 1. The van der Waals surface area contributed by atoms with Crippen LogP contribution in [0.15, 0.2) is 53.9 Å². The highest BCUT2D eigenvalue weighted by Crippen LogP contribution is 2.25. The highest BCUT2D eigenvalue weighted by atomic mass is 32.1. The predicted octanol–water partition coefficient (Wildman–Crippen LogP) is 3.36. The van der Waals surface area contributed by atoms with Crippen molar-refractivity contribution in [2.45, 2.75) is 32.9 Å². The summed E-state index contributed by atoms with van der Waals surface area (Å²) in [5.41, 5.74) is 2.74.